The van der Waals surface area contributed by atoms with E-state index in [0.29, 0.717) is 12.6 Å². The number of nitrogens with one attached hydrogen (secondary N) is 1. The molecule has 1 aromatic carbocycles. The van der Waals surface area contributed by atoms with E-state index in [1.54, 1.807) is 6.07 Å². The van der Waals surface area contributed by atoms with Crippen LogP contribution in [-0.4, -0.2) is 24.0 Å². The molecule has 1 saturated carbocycles. The van der Waals surface area contributed by atoms with Crippen molar-refractivity contribution in [3.63, 3.8) is 0 Å². The van der Waals surface area contributed by atoms with Gasteiger partial charge < -0.3 is 5.32 Å². The summed E-state index contributed by atoms with van der Waals surface area (Å²) in [4.78, 5) is 2.11. The molecule has 1 aromatic rings. The third kappa shape index (κ3) is 4.58. The van der Waals surface area contributed by atoms with E-state index >= 15 is 0 Å². The summed E-state index contributed by atoms with van der Waals surface area (Å²) in [6.45, 7) is 10.3. The largest absolute Gasteiger partial charge is 0.310 e. The van der Waals surface area contributed by atoms with Crippen molar-refractivity contribution >= 4 is 0 Å². The second kappa shape index (κ2) is 7.36. The van der Waals surface area contributed by atoms with Crippen molar-refractivity contribution in [3.8, 4) is 0 Å². The molecule has 0 atom stereocenters. The average molecular weight is 274 g/mol. The molecule has 0 heterocycles. The number of nitrogens with zero attached hydrogens (tertiary/aromatic N) is 1. The summed E-state index contributed by atoms with van der Waals surface area (Å²) in [6.07, 6.45) is 6.20. The van der Waals surface area contributed by atoms with Crippen LogP contribution in [0.15, 0.2) is 43.5 Å². The molecule has 1 N–H and O–H groups in total. The Balaban J connectivity index is 2.01. The van der Waals surface area contributed by atoms with Crippen molar-refractivity contribution < 1.29 is 4.39 Å². The first-order valence-corrected chi connectivity index (χ1v) is 7.17. The fourth-order valence-electron chi connectivity index (χ4n) is 2.22. The lowest BCUT2D eigenvalue weighted by Crippen LogP contribution is -2.24. The Morgan fingerprint density at radius 2 is 1.95 bits per heavy atom. The Kier molecular flexibility index (Phi) is 5.50. The monoisotopic (exact) mass is 274 g/mol. The lowest BCUT2D eigenvalue weighted by molar-refractivity contribution is 0.322. The van der Waals surface area contributed by atoms with Gasteiger partial charge in [0.15, 0.2) is 0 Å². The summed E-state index contributed by atoms with van der Waals surface area (Å²) in [5.41, 5.74) is 1.88. The molecule has 1 aliphatic carbocycles. The van der Waals surface area contributed by atoms with Gasteiger partial charge in [0.2, 0.25) is 0 Å². The maximum atomic E-state index is 13.9. The lowest BCUT2D eigenvalue weighted by atomic mass is 10.1. The summed E-state index contributed by atoms with van der Waals surface area (Å²) < 4.78 is 13.9. The minimum absolute atomic E-state index is 0.140. The zero-order valence-electron chi connectivity index (χ0n) is 11.9. The van der Waals surface area contributed by atoms with Gasteiger partial charge in [-0.1, -0.05) is 24.3 Å². The zero-order chi connectivity index (χ0) is 14.4. The molecule has 2 nitrogen and oxygen atoms in total. The van der Waals surface area contributed by atoms with Crippen molar-refractivity contribution in [1.29, 1.82) is 0 Å². The van der Waals surface area contributed by atoms with Gasteiger partial charge in [0.05, 0.1) is 0 Å². The Morgan fingerprint density at radius 3 is 2.55 bits per heavy atom. The van der Waals surface area contributed by atoms with Gasteiger partial charge in [-0.25, -0.2) is 4.39 Å². The SMILES string of the molecule is C=CCN(CC=C)Cc1cc(CNC2CC2)ccc1F. The number of halogens is 1. The lowest BCUT2D eigenvalue weighted by Gasteiger charge is -2.19. The van der Waals surface area contributed by atoms with Gasteiger partial charge in [-0.3, -0.25) is 4.90 Å². The first-order valence-electron chi connectivity index (χ1n) is 7.17. The Bertz CT molecular complexity index is 456. The van der Waals surface area contributed by atoms with Gasteiger partial charge in [0.25, 0.3) is 0 Å². The summed E-state index contributed by atoms with van der Waals surface area (Å²) in [7, 11) is 0. The van der Waals surface area contributed by atoms with Gasteiger partial charge in [-0.2, -0.15) is 0 Å². The summed E-state index contributed by atoms with van der Waals surface area (Å²) >= 11 is 0. The maximum absolute atomic E-state index is 13.9. The smallest absolute Gasteiger partial charge is 0.127 e. The van der Waals surface area contributed by atoms with Crippen LogP contribution < -0.4 is 5.32 Å². The molecule has 0 unspecified atom stereocenters. The topological polar surface area (TPSA) is 15.3 Å². The van der Waals surface area contributed by atoms with E-state index in [1.807, 2.05) is 24.3 Å². The predicted molar refractivity (Wildman–Crippen MR) is 81.9 cm³/mol. The summed E-state index contributed by atoms with van der Waals surface area (Å²) in [5, 5.41) is 3.45. The molecule has 0 spiro atoms. The van der Waals surface area contributed by atoms with E-state index in [-0.39, 0.29) is 5.82 Å². The second-order valence-electron chi connectivity index (χ2n) is 5.35. The first kappa shape index (κ1) is 14.9. The normalized spacial score (nSPS) is 14.5. The van der Waals surface area contributed by atoms with Crippen molar-refractivity contribution in [3.05, 3.63) is 60.5 Å². The number of hydrogen-bond donors (Lipinski definition) is 1. The average Bonchev–Trinajstić information content (AvgIpc) is 3.24. The van der Waals surface area contributed by atoms with E-state index in [1.165, 1.54) is 12.8 Å². The molecule has 0 bridgehead atoms. The number of hydrogen-bond acceptors (Lipinski definition) is 2. The van der Waals surface area contributed by atoms with Crippen molar-refractivity contribution in [2.24, 2.45) is 0 Å². The highest BCUT2D eigenvalue weighted by molar-refractivity contribution is 5.25. The maximum Gasteiger partial charge on any atom is 0.127 e. The van der Waals surface area contributed by atoms with Crippen LogP contribution >= 0.6 is 0 Å². The van der Waals surface area contributed by atoms with E-state index in [4.69, 9.17) is 0 Å². The summed E-state index contributed by atoms with van der Waals surface area (Å²) in [6, 6.07) is 6.06. The molecule has 20 heavy (non-hydrogen) atoms. The van der Waals surface area contributed by atoms with Crippen molar-refractivity contribution in [1.82, 2.24) is 10.2 Å². The standard InChI is InChI=1S/C17H23FN2/c1-3-9-20(10-4-2)13-15-11-14(5-8-17(15)18)12-19-16-6-7-16/h3-5,8,11,16,19H,1-2,6-7,9-10,12-13H2. The highest BCUT2D eigenvalue weighted by Crippen LogP contribution is 2.20. The molecule has 108 valence electrons. The minimum Gasteiger partial charge on any atom is -0.310 e. The van der Waals surface area contributed by atoms with Gasteiger partial charge in [-0.05, 0) is 24.5 Å². The highest BCUT2D eigenvalue weighted by atomic mass is 19.1. The van der Waals surface area contributed by atoms with Crippen molar-refractivity contribution in [2.45, 2.75) is 32.0 Å². The first-order chi connectivity index (χ1) is 9.72. The van der Waals surface area contributed by atoms with Gasteiger partial charge in [-0.15, -0.1) is 13.2 Å². The highest BCUT2D eigenvalue weighted by Gasteiger charge is 2.20. The molecule has 1 aliphatic rings. The molecule has 0 radical (unpaired) electrons. The Labute approximate surface area is 121 Å². The fourth-order valence-corrected chi connectivity index (χ4v) is 2.22. The molecule has 2 rings (SSSR count). The Morgan fingerprint density at radius 1 is 1.25 bits per heavy atom. The van der Waals surface area contributed by atoms with E-state index < -0.39 is 0 Å². The molecule has 0 amide bonds. The second-order valence-corrected chi connectivity index (χ2v) is 5.35. The molecule has 1 fully saturated rings. The molecule has 0 aliphatic heterocycles. The van der Waals surface area contributed by atoms with Gasteiger partial charge >= 0.3 is 0 Å². The Hall–Kier alpha value is -1.45. The van der Waals surface area contributed by atoms with Crippen LogP contribution in [0.25, 0.3) is 0 Å². The predicted octanol–water partition coefficient (Wildman–Crippen LogP) is 3.25. The van der Waals surface area contributed by atoms with E-state index in [0.717, 1.165) is 30.8 Å². The van der Waals surface area contributed by atoms with Crippen LogP contribution in [0.2, 0.25) is 0 Å². The van der Waals surface area contributed by atoms with E-state index in [2.05, 4.69) is 23.4 Å². The fraction of sp³-hybridized carbons (Fsp3) is 0.412. The van der Waals surface area contributed by atoms with Gasteiger partial charge in [0, 0.05) is 37.8 Å². The third-order valence-electron chi connectivity index (χ3n) is 3.45. The van der Waals surface area contributed by atoms with E-state index in [9.17, 15) is 4.39 Å². The number of rotatable bonds is 9. The minimum atomic E-state index is -0.140. The van der Waals surface area contributed by atoms with Crippen LogP contribution in [-0.2, 0) is 13.1 Å². The molecule has 0 aromatic heterocycles. The molecule has 3 heteroatoms. The van der Waals surface area contributed by atoms with Crippen LogP contribution in [0, 0.1) is 5.82 Å². The number of benzene rings is 1. The van der Waals surface area contributed by atoms with Gasteiger partial charge in [0.1, 0.15) is 5.82 Å². The van der Waals surface area contributed by atoms with Crippen molar-refractivity contribution in [2.75, 3.05) is 13.1 Å². The molecular weight excluding hydrogens is 251 g/mol. The third-order valence-corrected chi connectivity index (χ3v) is 3.45. The zero-order valence-corrected chi connectivity index (χ0v) is 11.9. The van der Waals surface area contributed by atoms with Crippen LogP contribution in [0.4, 0.5) is 4.39 Å². The quantitative estimate of drug-likeness (QED) is 0.695. The molecular formula is C17H23FN2. The van der Waals surface area contributed by atoms with Crippen LogP contribution in [0.5, 0.6) is 0 Å². The molecule has 0 saturated heterocycles. The van der Waals surface area contributed by atoms with Crippen LogP contribution in [0.1, 0.15) is 24.0 Å². The summed E-state index contributed by atoms with van der Waals surface area (Å²) in [5.74, 6) is -0.140. The van der Waals surface area contributed by atoms with Crippen LogP contribution in [0.3, 0.4) is 0 Å².